The third-order valence-corrected chi connectivity index (χ3v) is 5.25. The first kappa shape index (κ1) is 13.2. The van der Waals surface area contributed by atoms with Gasteiger partial charge in [-0.2, -0.15) is 0 Å². The average molecular weight is 257 g/mol. The molecule has 0 saturated carbocycles. The van der Waals surface area contributed by atoms with Crippen molar-refractivity contribution in [3.8, 4) is 0 Å². The summed E-state index contributed by atoms with van der Waals surface area (Å²) in [7, 11) is 0. The molecule has 1 fully saturated rings. The SMILES string of the molecule is CCc1ccc2c(c1)CCC(N1CCC[C@H]1C)CC2. The summed E-state index contributed by atoms with van der Waals surface area (Å²) < 4.78 is 0. The summed E-state index contributed by atoms with van der Waals surface area (Å²) in [6.45, 7) is 6.01. The van der Waals surface area contributed by atoms with Crippen LogP contribution in [0.4, 0.5) is 0 Å². The van der Waals surface area contributed by atoms with E-state index >= 15 is 0 Å². The first-order valence-electron chi connectivity index (χ1n) is 8.14. The first-order chi connectivity index (χ1) is 9.28. The van der Waals surface area contributed by atoms with Crippen LogP contribution in [0.1, 0.15) is 56.2 Å². The van der Waals surface area contributed by atoms with Crippen LogP contribution in [0.25, 0.3) is 0 Å². The van der Waals surface area contributed by atoms with E-state index in [1.165, 1.54) is 57.1 Å². The lowest BCUT2D eigenvalue weighted by Gasteiger charge is -2.30. The van der Waals surface area contributed by atoms with E-state index < -0.39 is 0 Å². The highest BCUT2D eigenvalue weighted by Crippen LogP contribution is 2.29. The van der Waals surface area contributed by atoms with Crippen LogP contribution in [0.5, 0.6) is 0 Å². The second kappa shape index (κ2) is 5.66. The average Bonchev–Trinajstić information content (AvgIpc) is 2.75. The van der Waals surface area contributed by atoms with Crippen LogP contribution in [0, 0.1) is 0 Å². The zero-order valence-corrected chi connectivity index (χ0v) is 12.5. The summed E-state index contributed by atoms with van der Waals surface area (Å²) >= 11 is 0. The molecule has 1 aromatic carbocycles. The normalized spacial score (nSPS) is 28.1. The van der Waals surface area contributed by atoms with Gasteiger partial charge in [-0.15, -0.1) is 0 Å². The van der Waals surface area contributed by atoms with Crippen molar-refractivity contribution in [2.75, 3.05) is 6.54 Å². The van der Waals surface area contributed by atoms with Gasteiger partial charge >= 0.3 is 0 Å². The maximum absolute atomic E-state index is 2.78. The Hall–Kier alpha value is -0.820. The van der Waals surface area contributed by atoms with Crippen molar-refractivity contribution in [3.05, 3.63) is 34.9 Å². The summed E-state index contributed by atoms with van der Waals surface area (Å²) in [6.07, 6.45) is 9.28. The van der Waals surface area contributed by atoms with E-state index in [0.29, 0.717) is 0 Å². The van der Waals surface area contributed by atoms with Crippen LogP contribution < -0.4 is 0 Å². The molecule has 1 heterocycles. The number of hydrogen-bond donors (Lipinski definition) is 0. The molecule has 1 aromatic rings. The van der Waals surface area contributed by atoms with E-state index in [1.807, 2.05) is 0 Å². The molecule has 1 unspecified atom stereocenters. The molecule has 2 atom stereocenters. The minimum absolute atomic E-state index is 0.817. The molecule has 0 aromatic heterocycles. The van der Waals surface area contributed by atoms with Gasteiger partial charge < -0.3 is 0 Å². The Labute approximate surface area is 118 Å². The summed E-state index contributed by atoms with van der Waals surface area (Å²) in [5, 5.41) is 0. The number of hydrogen-bond acceptors (Lipinski definition) is 1. The van der Waals surface area contributed by atoms with Gasteiger partial charge in [-0.1, -0.05) is 25.1 Å². The lowest BCUT2D eigenvalue weighted by molar-refractivity contribution is 0.174. The molecule has 19 heavy (non-hydrogen) atoms. The molecule has 1 aliphatic heterocycles. The second-order valence-corrected chi connectivity index (χ2v) is 6.42. The van der Waals surface area contributed by atoms with E-state index in [-0.39, 0.29) is 0 Å². The molecule has 1 nitrogen and oxygen atoms in total. The topological polar surface area (TPSA) is 3.24 Å². The molecular weight excluding hydrogens is 230 g/mol. The van der Waals surface area contributed by atoms with E-state index in [4.69, 9.17) is 0 Å². The quantitative estimate of drug-likeness (QED) is 0.724. The van der Waals surface area contributed by atoms with Crippen molar-refractivity contribution in [1.82, 2.24) is 4.90 Å². The number of fused-ring (bicyclic) bond motifs is 1. The van der Waals surface area contributed by atoms with Crippen molar-refractivity contribution in [2.24, 2.45) is 0 Å². The van der Waals surface area contributed by atoms with Crippen molar-refractivity contribution < 1.29 is 0 Å². The fourth-order valence-corrected chi connectivity index (χ4v) is 3.99. The molecule has 1 heteroatoms. The summed E-state index contributed by atoms with van der Waals surface area (Å²) in [5.41, 5.74) is 4.76. The smallest absolute Gasteiger partial charge is 0.0104 e. The number of likely N-dealkylation sites (tertiary alicyclic amines) is 1. The van der Waals surface area contributed by atoms with E-state index in [0.717, 1.165) is 12.1 Å². The van der Waals surface area contributed by atoms with Crippen molar-refractivity contribution in [2.45, 2.75) is 70.9 Å². The molecule has 1 aliphatic carbocycles. The van der Waals surface area contributed by atoms with Gasteiger partial charge in [0.15, 0.2) is 0 Å². The lowest BCUT2D eigenvalue weighted by Crippen LogP contribution is -2.37. The predicted octanol–water partition coefficient (Wildman–Crippen LogP) is 3.98. The molecule has 0 N–H and O–H groups in total. The van der Waals surface area contributed by atoms with Crippen molar-refractivity contribution in [3.63, 3.8) is 0 Å². The lowest BCUT2D eigenvalue weighted by atomic mass is 9.99. The Morgan fingerprint density at radius 2 is 1.89 bits per heavy atom. The third-order valence-electron chi connectivity index (χ3n) is 5.25. The molecule has 2 aliphatic rings. The van der Waals surface area contributed by atoms with Crippen LogP contribution in [0.15, 0.2) is 18.2 Å². The van der Waals surface area contributed by atoms with Crippen LogP contribution in [-0.2, 0) is 19.3 Å². The Kier molecular flexibility index (Phi) is 3.93. The molecule has 1 saturated heterocycles. The standard InChI is InChI=1S/C18H27N/c1-3-15-6-7-16-8-10-18(11-9-17(16)13-15)19-12-4-5-14(19)2/h6-7,13-14,18H,3-5,8-12H2,1-2H3/t14-,18?/m1/s1. The van der Waals surface area contributed by atoms with Crippen LogP contribution in [0.2, 0.25) is 0 Å². The minimum atomic E-state index is 0.817. The predicted molar refractivity (Wildman–Crippen MR) is 81.7 cm³/mol. The van der Waals surface area contributed by atoms with Gasteiger partial charge in [0.1, 0.15) is 0 Å². The molecule has 0 amide bonds. The highest BCUT2D eigenvalue weighted by atomic mass is 15.2. The summed E-state index contributed by atoms with van der Waals surface area (Å²) in [5.74, 6) is 0. The minimum Gasteiger partial charge on any atom is -0.298 e. The van der Waals surface area contributed by atoms with Gasteiger partial charge in [0, 0.05) is 12.1 Å². The molecule has 0 bridgehead atoms. The van der Waals surface area contributed by atoms with Crippen molar-refractivity contribution >= 4 is 0 Å². The number of nitrogens with zero attached hydrogens (tertiary/aromatic N) is 1. The molecule has 3 rings (SSSR count). The van der Waals surface area contributed by atoms with Crippen LogP contribution in [-0.4, -0.2) is 23.5 Å². The third kappa shape index (κ3) is 2.72. The van der Waals surface area contributed by atoms with E-state index in [9.17, 15) is 0 Å². The van der Waals surface area contributed by atoms with Gasteiger partial charge in [0.05, 0.1) is 0 Å². The fraction of sp³-hybridized carbons (Fsp3) is 0.667. The first-order valence-corrected chi connectivity index (χ1v) is 8.14. The largest absolute Gasteiger partial charge is 0.298 e. The monoisotopic (exact) mass is 257 g/mol. The molecular formula is C18H27N. The Morgan fingerprint density at radius 1 is 1.11 bits per heavy atom. The van der Waals surface area contributed by atoms with Crippen LogP contribution >= 0.6 is 0 Å². The number of rotatable bonds is 2. The molecule has 104 valence electrons. The highest BCUT2D eigenvalue weighted by molar-refractivity contribution is 5.33. The Morgan fingerprint density at radius 3 is 2.58 bits per heavy atom. The molecule has 0 spiro atoms. The molecule has 0 radical (unpaired) electrons. The highest BCUT2D eigenvalue weighted by Gasteiger charge is 2.28. The van der Waals surface area contributed by atoms with Gasteiger partial charge in [0.2, 0.25) is 0 Å². The van der Waals surface area contributed by atoms with Gasteiger partial charge in [0.25, 0.3) is 0 Å². The maximum atomic E-state index is 2.78. The number of aryl methyl sites for hydroxylation is 3. The van der Waals surface area contributed by atoms with E-state index in [1.54, 1.807) is 11.1 Å². The van der Waals surface area contributed by atoms with Gasteiger partial charge in [-0.05, 0) is 75.1 Å². The van der Waals surface area contributed by atoms with Gasteiger partial charge in [-0.3, -0.25) is 4.90 Å². The second-order valence-electron chi connectivity index (χ2n) is 6.42. The zero-order chi connectivity index (χ0) is 13.2. The van der Waals surface area contributed by atoms with Crippen LogP contribution in [0.3, 0.4) is 0 Å². The van der Waals surface area contributed by atoms with E-state index in [2.05, 4.69) is 36.9 Å². The number of benzene rings is 1. The zero-order valence-electron chi connectivity index (χ0n) is 12.5. The Bertz CT molecular complexity index is 437. The summed E-state index contributed by atoms with van der Waals surface area (Å²) in [6, 6.07) is 8.83. The van der Waals surface area contributed by atoms with Gasteiger partial charge in [-0.25, -0.2) is 0 Å². The summed E-state index contributed by atoms with van der Waals surface area (Å²) in [4.78, 5) is 2.78. The fourth-order valence-electron chi connectivity index (χ4n) is 3.99. The van der Waals surface area contributed by atoms with Crippen molar-refractivity contribution in [1.29, 1.82) is 0 Å². The maximum Gasteiger partial charge on any atom is 0.0104 e. The Balaban J connectivity index is 1.73.